The van der Waals surface area contributed by atoms with Crippen LogP contribution in [0.3, 0.4) is 0 Å². The quantitative estimate of drug-likeness (QED) is 0.784. The third kappa shape index (κ3) is 3.82. The molecule has 0 bridgehead atoms. The minimum absolute atomic E-state index is 0.603. The first kappa shape index (κ1) is 15.7. The number of hydrogen-bond acceptors (Lipinski definition) is 1. The third-order valence-electron chi connectivity index (χ3n) is 4.17. The first-order chi connectivity index (χ1) is 8.95. The molecule has 0 aliphatic heterocycles. The number of aryl methyl sites for hydroxylation is 2. The van der Waals surface area contributed by atoms with E-state index in [1.807, 2.05) is 6.92 Å². The monoisotopic (exact) mass is 262 g/mol. The number of rotatable bonds is 7. The lowest BCUT2D eigenvalue weighted by atomic mass is 9.74. The molecule has 1 rings (SSSR count). The SMILES string of the molecule is CCCCC(CC)(Cc1cc(C)ccc1C)C(=O)O. The van der Waals surface area contributed by atoms with Crippen LogP contribution in [-0.2, 0) is 11.2 Å². The lowest BCUT2D eigenvalue weighted by Crippen LogP contribution is -2.33. The van der Waals surface area contributed by atoms with Crippen LogP contribution < -0.4 is 0 Å². The molecule has 0 aliphatic rings. The molecule has 0 heterocycles. The Balaban J connectivity index is 3.05. The number of carboxylic acid groups (broad SMARTS) is 1. The zero-order valence-corrected chi connectivity index (χ0v) is 12.6. The van der Waals surface area contributed by atoms with Gasteiger partial charge in [0.05, 0.1) is 5.41 Å². The molecule has 106 valence electrons. The Kier molecular flexibility index (Phi) is 5.59. The smallest absolute Gasteiger partial charge is 0.309 e. The van der Waals surface area contributed by atoms with E-state index in [2.05, 4.69) is 39.0 Å². The summed E-state index contributed by atoms with van der Waals surface area (Å²) in [7, 11) is 0. The minimum Gasteiger partial charge on any atom is -0.481 e. The summed E-state index contributed by atoms with van der Waals surface area (Å²) in [6.07, 6.45) is 4.12. The van der Waals surface area contributed by atoms with Crippen molar-refractivity contribution in [2.45, 2.75) is 59.8 Å². The van der Waals surface area contributed by atoms with Crippen LogP contribution in [0.15, 0.2) is 18.2 Å². The van der Waals surface area contributed by atoms with E-state index in [1.165, 1.54) is 16.7 Å². The van der Waals surface area contributed by atoms with Crippen LogP contribution in [-0.4, -0.2) is 11.1 Å². The summed E-state index contributed by atoms with van der Waals surface area (Å²) in [5.41, 5.74) is 2.97. The number of aliphatic carboxylic acids is 1. The van der Waals surface area contributed by atoms with Gasteiger partial charge in [0.2, 0.25) is 0 Å². The van der Waals surface area contributed by atoms with Crippen molar-refractivity contribution in [1.82, 2.24) is 0 Å². The summed E-state index contributed by atoms with van der Waals surface area (Å²) < 4.78 is 0. The van der Waals surface area contributed by atoms with E-state index in [0.717, 1.165) is 19.3 Å². The van der Waals surface area contributed by atoms with Crippen molar-refractivity contribution in [3.8, 4) is 0 Å². The zero-order chi connectivity index (χ0) is 14.5. The highest BCUT2D eigenvalue weighted by Crippen LogP contribution is 2.34. The van der Waals surface area contributed by atoms with Gasteiger partial charge in [-0.3, -0.25) is 4.79 Å². The summed E-state index contributed by atoms with van der Waals surface area (Å²) in [5, 5.41) is 9.67. The van der Waals surface area contributed by atoms with E-state index >= 15 is 0 Å². The Bertz CT molecular complexity index is 437. The van der Waals surface area contributed by atoms with Crippen molar-refractivity contribution in [1.29, 1.82) is 0 Å². The van der Waals surface area contributed by atoms with Crippen molar-refractivity contribution >= 4 is 5.97 Å². The van der Waals surface area contributed by atoms with E-state index in [-0.39, 0.29) is 0 Å². The second-order valence-electron chi connectivity index (χ2n) is 5.65. The van der Waals surface area contributed by atoms with Gasteiger partial charge in [0.25, 0.3) is 0 Å². The maximum absolute atomic E-state index is 11.8. The van der Waals surface area contributed by atoms with Crippen LogP contribution in [0.25, 0.3) is 0 Å². The Labute approximate surface area is 116 Å². The van der Waals surface area contributed by atoms with Crippen LogP contribution in [0.5, 0.6) is 0 Å². The predicted octanol–water partition coefficient (Wildman–Crippen LogP) is 4.52. The second kappa shape index (κ2) is 6.74. The molecule has 0 aliphatic carbocycles. The molecule has 1 aromatic carbocycles. The van der Waals surface area contributed by atoms with E-state index in [9.17, 15) is 9.90 Å². The number of hydrogen-bond donors (Lipinski definition) is 1. The molecule has 1 N–H and O–H groups in total. The molecule has 0 aromatic heterocycles. The van der Waals surface area contributed by atoms with Gasteiger partial charge in [0.15, 0.2) is 0 Å². The lowest BCUT2D eigenvalue weighted by Gasteiger charge is -2.29. The average Bonchev–Trinajstić information content (AvgIpc) is 2.38. The molecule has 0 amide bonds. The topological polar surface area (TPSA) is 37.3 Å². The zero-order valence-electron chi connectivity index (χ0n) is 12.6. The normalized spacial score (nSPS) is 14.1. The van der Waals surface area contributed by atoms with Crippen molar-refractivity contribution in [2.75, 3.05) is 0 Å². The molecule has 1 atom stereocenters. The first-order valence-corrected chi connectivity index (χ1v) is 7.24. The van der Waals surface area contributed by atoms with Crippen molar-refractivity contribution < 1.29 is 9.90 Å². The van der Waals surface area contributed by atoms with Crippen molar-refractivity contribution in [3.05, 3.63) is 34.9 Å². The van der Waals surface area contributed by atoms with Gasteiger partial charge in [-0.25, -0.2) is 0 Å². The van der Waals surface area contributed by atoms with Crippen LogP contribution >= 0.6 is 0 Å². The van der Waals surface area contributed by atoms with E-state index < -0.39 is 11.4 Å². The number of carboxylic acids is 1. The Hall–Kier alpha value is -1.31. The minimum atomic E-state index is -0.649. The number of carbonyl (C=O) groups is 1. The fraction of sp³-hybridized carbons (Fsp3) is 0.588. The molecular formula is C17H26O2. The molecule has 2 heteroatoms. The molecule has 2 nitrogen and oxygen atoms in total. The summed E-state index contributed by atoms with van der Waals surface area (Å²) in [6.45, 7) is 8.23. The summed E-state index contributed by atoms with van der Waals surface area (Å²) in [4.78, 5) is 11.8. The molecule has 1 unspecified atom stereocenters. The van der Waals surface area contributed by atoms with E-state index in [1.54, 1.807) is 0 Å². The fourth-order valence-corrected chi connectivity index (χ4v) is 2.59. The predicted molar refractivity (Wildman–Crippen MR) is 79.5 cm³/mol. The van der Waals surface area contributed by atoms with E-state index in [0.29, 0.717) is 12.8 Å². The van der Waals surface area contributed by atoms with Gasteiger partial charge >= 0.3 is 5.97 Å². The van der Waals surface area contributed by atoms with Gasteiger partial charge < -0.3 is 5.11 Å². The second-order valence-corrected chi connectivity index (χ2v) is 5.65. The number of unbranched alkanes of at least 4 members (excludes halogenated alkanes) is 1. The highest BCUT2D eigenvalue weighted by Gasteiger charge is 2.36. The van der Waals surface area contributed by atoms with Crippen LogP contribution in [0, 0.1) is 19.3 Å². The van der Waals surface area contributed by atoms with Gasteiger partial charge in [0, 0.05) is 0 Å². The fourth-order valence-electron chi connectivity index (χ4n) is 2.59. The summed E-state index contributed by atoms with van der Waals surface area (Å²) in [5.74, 6) is -0.649. The van der Waals surface area contributed by atoms with Gasteiger partial charge in [-0.1, -0.05) is 50.5 Å². The van der Waals surface area contributed by atoms with Crippen LogP contribution in [0.1, 0.15) is 56.2 Å². The largest absolute Gasteiger partial charge is 0.481 e. The van der Waals surface area contributed by atoms with Gasteiger partial charge in [-0.2, -0.15) is 0 Å². The number of benzene rings is 1. The molecule has 0 saturated heterocycles. The Morgan fingerprint density at radius 3 is 2.47 bits per heavy atom. The van der Waals surface area contributed by atoms with Gasteiger partial charge in [0.1, 0.15) is 0 Å². The first-order valence-electron chi connectivity index (χ1n) is 7.24. The lowest BCUT2D eigenvalue weighted by molar-refractivity contribution is -0.149. The highest BCUT2D eigenvalue weighted by atomic mass is 16.4. The maximum Gasteiger partial charge on any atom is 0.309 e. The van der Waals surface area contributed by atoms with Crippen molar-refractivity contribution in [2.24, 2.45) is 5.41 Å². The summed E-state index contributed by atoms with van der Waals surface area (Å²) in [6, 6.07) is 6.31. The Morgan fingerprint density at radius 1 is 1.26 bits per heavy atom. The standard InChI is InChI=1S/C17H26O2/c1-5-7-10-17(6-2,16(18)19)12-15-11-13(3)8-9-14(15)4/h8-9,11H,5-7,10,12H2,1-4H3,(H,18,19). The third-order valence-corrected chi connectivity index (χ3v) is 4.17. The van der Waals surface area contributed by atoms with Crippen molar-refractivity contribution in [3.63, 3.8) is 0 Å². The summed E-state index contributed by atoms with van der Waals surface area (Å²) >= 11 is 0. The van der Waals surface area contributed by atoms with Crippen LogP contribution in [0.4, 0.5) is 0 Å². The van der Waals surface area contributed by atoms with Crippen LogP contribution in [0.2, 0.25) is 0 Å². The average molecular weight is 262 g/mol. The Morgan fingerprint density at radius 2 is 1.95 bits per heavy atom. The molecule has 0 saturated carbocycles. The maximum atomic E-state index is 11.8. The molecule has 0 spiro atoms. The molecular weight excluding hydrogens is 236 g/mol. The molecule has 0 radical (unpaired) electrons. The van der Waals surface area contributed by atoms with E-state index in [4.69, 9.17) is 0 Å². The molecule has 0 fully saturated rings. The molecule has 1 aromatic rings. The van der Waals surface area contributed by atoms with Gasteiger partial charge in [-0.05, 0) is 44.2 Å². The van der Waals surface area contributed by atoms with Gasteiger partial charge in [-0.15, -0.1) is 0 Å². The highest BCUT2D eigenvalue weighted by molar-refractivity contribution is 5.75. The molecule has 19 heavy (non-hydrogen) atoms.